The highest BCUT2D eigenvalue weighted by Gasteiger charge is 2.22. The molecule has 1 unspecified atom stereocenters. The van der Waals surface area contributed by atoms with Gasteiger partial charge in [0.1, 0.15) is 5.82 Å². The Morgan fingerprint density at radius 3 is 2.81 bits per heavy atom. The minimum atomic E-state index is -0.276. The zero-order valence-electron chi connectivity index (χ0n) is 15.0. The van der Waals surface area contributed by atoms with Crippen LogP contribution >= 0.6 is 11.8 Å². The van der Waals surface area contributed by atoms with Crippen LogP contribution in [-0.2, 0) is 23.5 Å². The van der Waals surface area contributed by atoms with E-state index in [1.165, 1.54) is 23.9 Å². The van der Waals surface area contributed by atoms with E-state index in [0.717, 1.165) is 36.6 Å². The second-order valence-electron chi connectivity index (χ2n) is 6.31. The molecule has 2 aromatic heterocycles. The quantitative estimate of drug-likeness (QED) is 0.572. The molecule has 0 amide bonds. The smallest absolute Gasteiger partial charge is 0.237 e. The minimum Gasteiger partial charge on any atom is -0.376 e. The molecule has 0 bridgehead atoms. The van der Waals surface area contributed by atoms with Gasteiger partial charge in [-0.25, -0.2) is 4.39 Å². The highest BCUT2D eigenvalue weighted by atomic mass is 32.2. The van der Waals surface area contributed by atoms with E-state index in [1.54, 1.807) is 12.1 Å². The van der Waals surface area contributed by atoms with Crippen LogP contribution in [0, 0.1) is 5.82 Å². The molecular formula is C18H20FN5O2S. The number of halogens is 1. The van der Waals surface area contributed by atoms with Crippen molar-refractivity contribution in [2.75, 3.05) is 6.61 Å². The first kappa shape index (κ1) is 18.1. The van der Waals surface area contributed by atoms with Crippen molar-refractivity contribution in [1.29, 1.82) is 0 Å². The highest BCUT2D eigenvalue weighted by Crippen LogP contribution is 2.28. The molecule has 142 valence electrons. The Balaban J connectivity index is 1.58. The van der Waals surface area contributed by atoms with Gasteiger partial charge in [0.2, 0.25) is 5.89 Å². The van der Waals surface area contributed by atoms with E-state index in [1.807, 2.05) is 11.5 Å². The van der Waals surface area contributed by atoms with Gasteiger partial charge in [0, 0.05) is 18.6 Å². The molecule has 1 aromatic carbocycles. The Hall–Kier alpha value is -2.26. The molecule has 4 rings (SSSR count). The van der Waals surface area contributed by atoms with Crippen molar-refractivity contribution in [3.63, 3.8) is 0 Å². The van der Waals surface area contributed by atoms with Crippen molar-refractivity contribution in [3.8, 4) is 11.4 Å². The average Bonchev–Trinajstić information content (AvgIpc) is 3.42. The van der Waals surface area contributed by atoms with Gasteiger partial charge in [-0.15, -0.1) is 10.2 Å². The summed E-state index contributed by atoms with van der Waals surface area (Å²) in [5.74, 6) is 2.19. The molecule has 0 aliphatic carbocycles. The van der Waals surface area contributed by atoms with Gasteiger partial charge in [-0.3, -0.25) is 4.57 Å². The normalized spacial score (nSPS) is 16.9. The lowest BCUT2D eigenvalue weighted by Crippen LogP contribution is -2.16. The number of nitrogens with zero attached hydrogens (tertiary/aromatic N) is 5. The fourth-order valence-electron chi connectivity index (χ4n) is 2.98. The molecule has 27 heavy (non-hydrogen) atoms. The van der Waals surface area contributed by atoms with Crippen molar-refractivity contribution in [2.45, 2.75) is 49.7 Å². The number of aromatic nitrogens is 5. The van der Waals surface area contributed by atoms with Gasteiger partial charge in [-0.05, 0) is 37.1 Å². The van der Waals surface area contributed by atoms with Gasteiger partial charge in [0.05, 0.1) is 18.4 Å². The zero-order chi connectivity index (χ0) is 18.6. The summed E-state index contributed by atoms with van der Waals surface area (Å²) >= 11 is 1.49. The third-order valence-electron chi connectivity index (χ3n) is 4.38. The molecule has 0 saturated carbocycles. The number of aryl methyl sites for hydroxylation is 1. The lowest BCUT2D eigenvalue weighted by Gasteiger charge is -2.14. The first-order valence-electron chi connectivity index (χ1n) is 8.98. The van der Waals surface area contributed by atoms with E-state index >= 15 is 0 Å². The highest BCUT2D eigenvalue weighted by molar-refractivity contribution is 7.98. The standard InChI is InChI=1S/C18H20FN5O2S/c1-2-15-20-16(26-23-15)11-27-18-22-21-17(12-5-7-13(19)8-6-12)24(18)10-14-4-3-9-25-14/h5-8,14H,2-4,9-11H2,1H3. The first-order chi connectivity index (χ1) is 13.2. The molecular weight excluding hydrogens is 369 g/mol. The van der Waals surface area contributed by atoms with Gasteiger partial charge in [-0.1, -0.05) is 23.8 Å². The lowest BCUT2D eigenvalue weighted by molar-refractivity contribution is 0.0953. The van der Waals surface area contributed by atoms with Crippen molar-refractivity contribution in [1.82, 2.24) is 24.9 Å². The van der Waals surface area contributed by atoms with Gasteiger partial charge < -0.3 is 9.26 Å². The summed E-state index contributed by atoms with van der Waals surface area (Å²) in [5.41, 5.74) is 0.819. The summed E-state index contributed by atoms with van der Waals surface area (Å²) in [6, 6.07) is 6.28. The molecule has 0 N–H and O–H groups in total. The Morgan fingerprint density at radius 2 is 2.11 bits per heavy atom. The number of hydrogen-bond acceptors (Lipinski definition) is 7. The fourth-order valence-corrected chi connectivity index (χ4v) is 3.77. The van der Waals surface area contributed by atoms with Crippen LogP contribution in [0.4, 0.5) is 4.39 Å². The Kier molecular flexibility index (Phi) is 5.49. The molecule has 1 saturated heterocycles. The summed E-state index contributed by atoms with van der Waals surface area (Å²) in [7, 11) is 0. The second-order valence-corrected chi connectivity index (χ2v) is 7.25. The molecule has 0 radical (unpaired) electrons. The average molecular weight is 389 g/mol. The fraction of sp³-hybridized carbons (Fsp3) is 0.444. The van der Waals surface area contributed by atoms with E-state index in [-0.39, 0.29) is 11.9 Å². The van der Waals surface area contributed by atoms with Crippen LogP contribution in [0.3, 0.4) is 0 Å². The number of hydrogen-bond donors (Lipinski definition) is 0. The SMILES string of the molecule is CCc1noc(CSc2nnc(-c3ccc(F)cc3)n2CC2CCCO2)n1. The van der Waals surface area contributed by atoms with E-state index in [0.29, 0.717) is 29.8 Å². The molecule has 1 aliphatic heterocycles. The monoisotopic (exact) mass is 389 g/mol. The molecule has 3 aromatic rings. The predicted octanol–water partition coefficient (Wildman–Crippen LogP) is 3.50. The molecule has 1 aliphatic rings. The van der Waals surface area contributed by atoms with Crippen molar-refractivity contribution in [3.05, 3.63) is 41.8 Å². The van der Waals surface area contributed by atoms with E-state index in [4.69, 9.17) is 9.26 Å². The minimum absolute atomic E-state index is 0.134. The first-order valence-corrected chi connectivity index (χ1v) is 9.96. The van der Waals surface area contributed by atoms with Crippen LogP contribution < -0.4 is 0 Å². The van der Waals surface area contributed by atoms with Gasteiger partial charge in [-0.2, -0.15) is 4.98 Å². The van der Waals surface area contributed by atoms with Gasteiger partial charge in [0.25, 0.3) is 0 Å². The molecule has 1 fully saturated rings. The van der Waals surface area contributed by atoms with Crippen molar-refractivity contribution in [2.24, 2.45) is 0 Å². The molecule has 3 heterocycles. The van der Waals surface area contributed by atoms with Gasteiger partial charge in [0.15, 0.2) is 16.8 Å². The zero-order valence-corrected chi connectivity index (χ0v) is 15.8. The molecule has 7 nitrogen and oxygen atoms in total. The van der Waals surface area contributed by atoms with Crippen LogP contribution in [0.1, 0.15) is 31.5 Å². The maximum Gasteiger partial charge on any atom is 0.237 e. The Labute approximate surface area is 160 Å². The number of thioether (sulfide) groups is 1. The number of rotatable bonds is 7. The Morgan fingerprint density at radius 1 is 1.26 bits per heavy atom. The van der Waals surface area contributed by atoms with Crippen molar-refractivity contribution >= 4 is 11.8 Å². The third-order valence-corrected chi connectivity index (χ3v) is 5.33. The summed E-state index contributed by atoms with van der Waals surface area (Å²) in [4.78, 5) is 4.33. The largest absolute Gasteiger partial charge is 0.376 e. The van der Waals surface area contributed by atoms with Crippen LogP contribution in [0.25, 0.3) is 11.4 Å². The summed E-state index contributed by atoms with van der Waals surface area (Å²) < 4.78 is 26.4. The van der Waals surface area contributed by atoms with Crippen LogP contribution in [0.15, 0.2) is 33.9 Å². The second kappa shape index (κ2) is 8.18. The van der Waals surface area contributed by atoms with E-state index < -0.39 is 0 Å². The van der Waals surface area contributed by atoms with Crippen LogP contribution in [0.5, 0.6) is 0 Å². The van der Waals surface area contributed by atoms with Crippen LogP contribution in [-0.4, -0.2) is 37.6 Å². The van der Waals surface area contributed by atoms with Crippen molar-refractivity contribution < 1.29 is 13.7 Å². The van der Waals surface area contributed by atoms with Gasteiger partial charge >= 0.3 is 0 Å². The summed E-state index contributed by atoms with van der Waals surface area (Å²) in [6.45, 7) is 3.42. The maximum absolute atomic E-state index is 13.3. The van der Waals surface area contributed by atoms with E-state index in [2.05, 4.69) is 20.3 Å². The Bertz CT molecular complexity index is 890. The lowest BCUT2D eigenvalue weighted by atomic mass is 10.2. The van der Waals surface area contributed by atoms with E-state index in [9.17, 15) is 4.39 Å². The molecule has 0 spiro atoms. The molecule has 9 heteroatoms. The maximum atomic E-state index is 13.3. The number of benzene rings is 1. The molecule has 1 atom stereocenters. The topological polar surface area (TPSA) is 78.9 Å². The predicted molar refractivity (Wildman–Crippen MR) is 97.6 cm³/mol. The summed E-state index contributed by atoms with van der Waals surface area (Å²) in [5, 5.41) is 13.3. The number of ether oxygens (including phenoxy) is 1. The summed E-state index contributed by atoms with van der Waals surface area (Å²) in [6.07, 6.45) is 2.94. The van der Waals surface area contributed by atoms with Crippen LogP contribution in [0.2, 0.25) is 0 Å². The third kappa shape index (κ3) is 4.19.